The first-order chi connectivity index (χ1) is 14.9. The third kappa shape index (κ3) is 4.42. The van der Waals surface area contributed by atoms with E-state index in [2.05, 4.69) is 25.7 Å². The Morgan fingerprint density at radius 2 is 2.00 bits per heavy atom. The molecule has 10 heteroatoms. The van der Waals surface area contributed by atoms with Crippen LogP contribution in [0.3, 0.4) is 0 Å². The van der Waals surface area contributed by atoms with Crippen LogP contribution in [0.4, 0.5) is 0 Å². The first-order valence-electron chi connectivity index (χ1n) is 9.69. The lowest BCUT2D eigenvalue weighted by atomic mass is 10.0. The van der Waals surface area contributed by atoms with Crippen LogP contribution in [0.25, 0.3) is 22.8 Å². The molecule has 0 saturated heterocycles. The van der Waals surface area contributed by atoms with Crippen LogP contribution in [0, 0.1) is 0 Å². The average Bonchev–Trinajstić information content (AvgIpc) is 3.19. The summed E-state index contributed by atoms with van der Waals surface area (Å²) in [4.78, 5) is 43.4. The van der Waals surface area contributed by atoms with Gasteiger partial charge in [-0.15, -0.1) is 0 Å². The molecule has 1 aromatic carbocycles. The number of fused-ring (bicyclic) bond motifs is 1. The van der Waals surface area contributed by atoms with Crippen LogP contribution >= 0.6 is 0 Å². The molecule has 1 aliphatic rings. The van der Waals surface area contributed by atoms with E-state index in [0.29, 0.717) is 36.0 Å². The summed E-state index contributed by atoms with van der Waals surface area (Å²) in [5.41, 5.74) is 3.19. The number of carboxylic acid groups (broad SMARTS) is 1. The summed E-state index contributed by atoms with van der Waals surface area (Å²) >= 11 is 0. The van der Waals surface area contributed by atoms with Gasteiger partial charge in [-0.05, 0) is 17.7 Å². The van der Waals surface area contributed by atoms with Gasteiger partial charge in [0.25, 0.3) is 5.91 Å². The normalized spacial score (nSPS) is 13.8. The molecule has 1 atom stereocenters. The Morgan fingerprint density at radius 3 is 2.68 bits per heavy atom. The van der Waals surface area contributed by atoms with E-state index in [4.69, 9.17) is 0 Å². The van der Waals surface area contributed by atoms with E-state index in [1.807, 2.05) is 0 Å². The molecule has 2 amide bonds. The van der Waals surface area contributed by atoms with E-state index in [0.717, 1.165) is 11.1 Å². The topological polar surface area (TPSA) is 139 Å². The second-order valence-electron chi connectivity index (χ2n) is 7.15. The molecule has 0 radical (unpaired) electrons. The van der Waals surface area contributed by atoms with Crippen molar-refractivity contribution in [2.75, 3.05) is 6.54 Å². The minimum Gasteiger partial charge on any atom is -0.480 e. The number of amides is 2. The molecule has 3 N–H and O–H groups in total. The van der Waals surface area contributed by atoms with Crippen molar-refractivity contribution in [2.45, 2.75) is 25.9 Å². The zero-order valence-corrected chi connectivity index (χ0v) is 16.7. The highest BCUT2D eigenvalue weighted by molar-refractivity contribution is 5.94. The van der Waals surface area contributed by atoms with E-state index in [-0.39, 0.29) is 12.3 Å². The van der Waals surface area contributed by atoms with Crippen LogP contribution in [0.1, 0.15) is 23.0 Å². The van der Waals surface area contributed by atoms with Crippen molar-refractivity contribution in [1.82, 2.24) is 30.4 Å². The van der Waals surface area contributed by atoms with Crippen molar-refractivity contribution in [3.8, 4) is 22.8 Å². The van der Waals surface area contributed by atoms with Gasteiger partial charge in [0, 0.05) is 31.6 Å². The molecule has 10 nitrogen and oxygen atoms in total. The molecule has 0 saturated carbocycles. The standard InChI is InChI=1S/C21H20N6O4/c1-12(28)24-17(21(30)31)10-13-2-4-14(5-3-13)19-22-7-6-15(25-19)16-11-18-20(29)23-8-9-27(18)26-16/h2-7,11,17H,8-10H2,1H3,(H,23,29)(H,24,28)(H,30,31)/t17-/m1/s1. The van der Waals surface area contributed by atoms with Gasteiger partial charge < -0.3 is 15.7 Å². The molecule has 0 unspecified atom stereocenters. The lowest BCUT2D eigenvalue weighted by Gasteiger charge is -2.13. The Hall–Kier alpha value is -4.08. The van der Waals surface area contributed by atoms with Crippen LogP contribution in [0.15, 0.2) is 42.6 Å². The molecule has 2 aromatic heterocycles. The van der Waals surface area contributed by atoms with Crippen molar-refractivity contribution in [3.63, 3.8) is 0 Å². The maximum absolute atomic E-state index is 12.0. The van der Waals surface area contributed by atoms with Gasteiger partial charge in [-0.1, -0.05) is 24.3 Å². The number of carbonyl (C=O) groups is 3. The molecule has 0 fully saturated rings. The summed E-state index contributed by atoms with van der Waals surface area (Å²) in [5, 5.41) is 18.9. The predicted molar refractivity (Wildman–Crippen MR) is 110 cm³/mol. The fourth-order valence-corrected chi connectivity index (χ4v) is 3.37. The zero-order chi connectivity index (χ0) is 22.0. The van der Waals surface area contributed by atoms with Crippen LogP contribution in [-0.4, -0.2) is 55.2 Å². The van der Waals surface area contributed by atoms with Gasteiger partial charge in [0.2, 0.25) is 5.91 Å². The molecular formula is C21H20N6O4. The largest absolute Gasteiger partial charge is 0.480 e. The minimum absolute atomic E-state index is 0.159. The highest BCUT2D eigenvalue weighted by Crippen LogP contribution is 2.22. The molecular weight excluding hydrogens is 400 g/mol. The summed E-state index contributed by atoms with van der Waals surface area (Å²) in [6.45, 7) is 2.43. The smallest absolute Gasteiger partial charge is 0.326 e. The number of aliphatic carboxylic acids is 1. The number of hydrogen-bond acceptors (Lipinski definition) is 6. The van der Waals surface area contributed by atoms with Crippen molar-refractivity contribution in [3.05, 3.63) is 53.9 Å². The Kier molecular flexibility index (Phi) is 5.44. The van der Waals surface area contributed by atoms with E-state index in [1.54, 1.807) is 47.3 Å². The second-order valence-corrected chi connectivity index (χ2v) is 7.15. The first kappa shape index (κ1) is 20.2. The third-order valence-electron chi connectivity index (χ3n) is 4.87. The lowest BCUT2D eigenvalue weighted by Crippen LogP contribution is -2.41. The van der Waals surface area contributed by atoms with Crippen molar-refractivity contribution in [1.29, 1.82) is 0 Å². The van der Waals surface area contributed by atoms with Crippen molar-refractivity contribution >= 4 is 17.8 Å². The van der Waals surface area contributed by atoms with Crippen LogP contribution in [0.5, 0.6) is 0 Å². The average molecular weight is 420 g/mol. The van der Waals surface area contributed by atoms with E-state index >= 15 is 0 Å². The van der Waals surface area contributed by atoms with Gasteiger partial charge in [-0.2, -0.15) is 5.10 Å². The van der Waals surface area contributed by atoms with Crippen LogP contribution in [0.2, 0.25) is 0 Å². The fraction of sp³-hybridized carbons (Fsp3) is 0.238. The highest BCUT2D eigenvalue weighted by Gasteiger charge is 2.21. The Balaban J connectivity index is 1.55. The van der Waals surface area contributed by atoms with Gasteiger partial charge in [0.1, 0.15) is 17.4 Å². The first-order valence-corrected chi connectivity index (χ1v) is 9.69. The number of aromatic nitrogens is 4. The van der Waals surface area contributed by atoms with Gasteiger partial charge >= 0.3 is 5.97 Å². The van der Waals surface area contributed by atoms with Crippen molar-refractivity contribution < 1.29 is 19.5 Å². The summed E-state index contributed by atoms with van der Waals surface area (Å²) in [6.07, 6.45) is 1.79. The minimum atomic E-state index is -1.09. The van der Waals surface area contributed by atoms with Gasteiger partial charge in [-0.3, -0.25) is 14.3 Å². The number of rotatable bonds is 6. The van der Waals surface area contributed by atoms with Gasteiger partial charge in [0.15, 0.2) is 5.82 Å². The van der Waals surface area contributed by atoms with Gasteiger partial charge in [0.05, 0.1) is 12.2 Å². The number of hydrogen-bond donors (Lipinski definition) is 3. The Morgan fingerprint density at radius 1 is 1.23 bits per heavy atom. The zero-order valence-electron chi connectivity index (χ0n) is 16.7. The molecule has 1 aliphatic heterocycles. The fourth-order valence-electron chi connectivity index (χ4n) is 3.37. The molecule has 4 rings (SSSR count). The molecule has 0 bridgehead atoms. The quantitative estimate of drug-likeness (QED) is 0.538. The Labute approximate surface area is 177 Å². The summed E-state index contributed by atoms with van der Waals surface area (Å²) in [7, 11) is 0. The second kappa shape index (κ2) is 8.34. The summed E-state index contributed by atoms with van der Waals surface area (Å²) in [5.74, 6) is -1.16. The molecule has 3 heterocycles. The Bertz CT molecular complexity index is 1150. The molecule has 0 aliphatic carbocycles. The van der Waals surface area contributed by atoms with E-state index in [1.165, 1.54) is 6.92 Å². The van der Waals surface area contributed by atoms with Crippen LogP contribution in [-0.2, 0) is 22.6 Å². The van der Waals surface area contributed by atoms with Crippen molar-refractivity contribution in [2.24, 2.45) is 0 Å². The third-order valence-corrected chi connectivity index (χ3v) is 4.87. The van der Waals surface area contributed by atoms with Gasteiger partial charge in [-0.25, -0.2) is 14.8 Å². The molecule has 0 spiro atoms. The molecule has 158 valence electrons. The lowest BCUT2D eigenvalue weighted by molar-refractivity contribution is -0.141. The number of carboxylic acids is 1. The summed E-state index contributed by atoms with van der Waals surface area (Å²) < 4.78 is 1.67. The number of benzene rings is 1. The highest BCUT2D eigenvalue weighted by atomic mass is 16.4. The molecule has 3 aromatic rings. The number of nitrogens with one attached hydrogen (secondary N) is 2. The predicted octanol–water partition coefficient (Wildman–Crippen LogP) is 0.882. The van der Waals surface area contributed by atoms with E-state index < -0.39 is 17.9 Å². The number of nitrogens with zero attached hydrogens (tertiary/aromatic N) is 4. The summed E-state index contributed by atoms with van der Waals surface area (Å²) in [6, 6.07) is 9.60. The van der Waals surface area contributed by atoms with Crippen LogP contribution < -0.4 is 10.6 Å². The van der Waals surface area contributed by atoms with E-state index in [9.17, 15) is 19.5 Å². The SMILES string of the molecule is CC(=O)N[C@H](Cc1ccc(-c2nccc(-c3cc4n(n3)CCNC4=O)n2)cc1)C(=O)O. The number of carbonyl (C=O) groups excluding carboxylic acids is 2. The monoisotopic (exact) mass is 420 g/mol. The maximum atomic E-state index is 12.0. The molecule has 31 heavy (non-hydrogen) atoms. The maximum Gasteiger partial charge on any atom is 0.326 e.